The van der Waals surface area contributed by atoms with Gasteiger partial charge in [0.2, 0.25) is 11.8 Å². The number of carbonyl (C=O) groups is 1. The van der Waals surface area contributed by atoms with Crippen molar-refractivity contribution in [3.05, 3.63) is 12.1 Å². The Morgan fingerprint density at radius 1 is 1.40 bits per heavy atom. The van der Waals surface area contributed by atoms with Crippen molar-refractivity contribution in [2.24, 2.45) is 0 Å². The summed E-state index contributed by atoms with van der Waals surface area (Å²) >= 11 is 0. The number of aromatic nitrogens is 2. The molecule has 2 aliphatic rings. The number of carbonyl (C=O) groups excluding carboxylic acids is 1. The maximum absolute atomic E-state index is 12.2. The van der Waals surface area contributed by atoms with Crippen molar-refractivity contribution in [3.63, 3.8) is 0 Å². The lowest BCUT2D eigenvalue weighted by atomic mass is 10.2. The third kappa shape index (κ3) is 2.84. The first-order valence-corrected chi connectivity index (χ1v) is 7.31. The van der Waals surface area contributed by atoms with Gasteiger partial charge in [0.25, 0.3) is 0 Å². The van der Waals surface area contributed by atoms with Crippen LogP contribution >= 0.6 is 0 Å². The van der Waals surface area contributed by atoms with Crippen molar-refractivity contribution in [2.75, 3.05) is 18.1 Å². The van der Waals surface area contributed by atoms with Crippen LogP contribution in [-0.2, 0) is 4.79 Å². The van der Waals surface area contributed by atoms with E-state index >= 15 is 0 Å². The predicted octanol–water partition coefficient (Wildman–Crippen LogP) is 1.12. The highest BCUT2D eigenvalue weighted by Gasteiger charge is 2.34. The molecule has 1 amide bonds. The van der Waals surface area contributed by atoms with E-state index in [1.165, 1.54) is 0 Å². The molecule has 6 nitrogen and oxygen atoms in total. The molecule has 0 aromatic carbocycles. The minimum absolute atomic E-state index is 0.108. The van der Waals surface area contributed by atoms with Gasteiger partial charge in [-0.1, -0.05) is 0 Å². The molecular formula is C14H20N4O2. The van der Waals surface area contributed by atoms with Crippen molar-refractivity contribution in [1.82, 2.24) is 15.5 Å². The van der Waals surface area contributed by atoms with E-state index in [-0.39, 0.29) is 11.9 Å². The standard InChI is InChI=1S/C14H20N4O2/c1-2-20-13-8-7-12(16-17-13)18-9-3-4-11(18)14(19)15-10-5-6-10/h7-8,10-11H,2-6,9H2,1H3,(H,15,19)/t11-/m1/s1. The molecule has 2 fully saturated rings. The van der Waals surface area contributed by atoms with Crippen LogP contribution < -0.4 is 15.0 Å². The zero-order chi connectivity index (χ0) is 13.9. The number of nitrogens with one attached hydrogen (secondary N) is 1. The summed E-state index contributed by atoms with van der Waals surface area (Å²) in [5.74, 6) is 1.40. The summed E-state index contributed by atoms with van der Waals surface area (Å²) in [5, 5.41) is 11.3. The summed E-state index contributed by atoms with van der Waals surface area (Å²) in [6, 6.07) is 3.97. The highest BCUT2D eigenvalue weighted by molar-refractivity contribution is 5.86. The van der Waals surface area contributed by atoms with Gasteiger partial charge in [0.1, 0.15) is 6.04 Å². The zero-order valence-electron chi connectivity index (χ0n) is 11.7. The van der Waals surface area contributed by atoms with Crippen molar-refractivity contribution in [1.29, 1.82) is 0 Å². The summed E-state index contributed by atoms with van der Waals surface area (Å²) in [7, 11) is 0. The Labute approximate surface area is 118 Å². The normalized spacial score (nSPS) is 21.9. The molecule has 2 heterocycles. The Bertz CT molecular complexity index is 473. The van der Waals surface area contributed by atoms with Gasteiger partial charge >= 0.3 is 0 Å². The fourth-order valence-electron chi connectivity index (χ4n) is 2.53. The second kappa shape index (κ2) is 5.64. The van der Waals surface area contributed by atoms with E-state index in [0.717, 1.165) is 38.0 Å². The molecule has 1 saturated heterocycles. The monoisotopic (exact) mass is 276 g/mol. The first-order chi connectivity index (χ1) is 9.78. The van der Waals surface area contributed by atoms with Crippen molar-refractivity contribution < 1.29 is 9.53 Å². The molecule has 1 aliphatic heterocycles. The Kier molecular flexibility index (Phi) is 3.71. The molecule has 1 aliphatic carbocycles. The minimum atomic E-state index is -0.108. The number of nitrogens with zero attached hydrogens (tertiary/aromatic N) is 3. The summed E-state index contributed by atoms with van der Waals surface area (Å²) in [4.78, 5) is 14.3. The fraction of sp³-hybridized carbons (Fsp3) is 0.643. The molecule has 0 spiro atoms. The Hall–Kier alpha value is -1.85. The number of amides is 1. The largest absolute Gasteiger partial charge is 0.477 e. The summed E-state index contributed by atoms with van der Waals surface area (Å²) in [5.41, 5.74) is 0. The van der Waals surface area contributed by atoms with E-state index in [0.29, 0.717) is 18.5 Å². The van der Waals surface area contributed by atoms with E-state index < -0.39 is 0 Å². The first-order valence-electron chi connectivity index (χ1n) is 7.31. The molecule has 108 valence electrons. The fourth-order valence-corrected chi connectivity index (χ4v) is 2.53. The van der Waals surface area contributed by atoms with Crippen molar-refractivity contribution >= 4 is 11.7 Å². The molecule has 1 aromatic heterocycles. The Morgan fingerprint density at radius 2 is 2.25 bits per heavy atom. The number of ether oxygens (including phenoxy) is 1. The molecule has 20 heavy (non-hydrogen) atoms. The van der Waals surface area contributed by atoms with Gasteiger partial charge in [0, 0.05) is 18.7 Å². The Morgan fingerprint density at radius 3 is 2.90 bits per heavy atom. The third-order valence-electron chi connectivity index (χ3n) is 3.69. The molecule has 1 N–H and O–H groups in total. The second-order valence-corrected chi connectivity index (χ2v) is 5.30. The van der Waals surface area contributed by atoms with Crippen LogP contribution in [0.2, 0.25) is 0 Å². The van der Waals surface area contributed by atoms with Crippen LogP contribution in [0.1, 0.15) is 32.6 Å². The van der Waals surface area contributed by atoms with Gasteiger partial charge in [-0.2, -0.15) is 0 Å². The van der Waals surface area contributed by atoms with Gasteiger partial charge in [-0.25, -0.2) is 0 Å². The van der Waals surface area contributed by atoms with Crippen LogP contribution in [0.3, 0.4) is 0 Å². The molecule has 0 bridgehead atoms. The second-order valence-electron chi connectivity index (χ2n) is 5.30. The number of anilines is 1. The summed E-state index contributed by atoms with van der Waals surface area (Å²) < 4.78 is 5.29. The van der Waals surface area contributed by atoms with Gasteiger partial charge in [-0.3, -0.25) is 4.79 Å². The summed E-state index contributed by atoms with van der Waals surface area (Å²) in [6.45, 7) is 3.34. The lowest BCUT2D eigenvalue weighted by Crippen LogP contribution is -2.44. The van der Waals surface area contributed by atoms with E-state index in [1.807, 2.05) is 17.9 Å². The summed E-state index contributed by atoms with van der Waals surface area (Å²) in [6.07, 6.45) is 4.12. The number of rotatable bonds is 5. The lowest BCUT2D eigenvalue weighted by Gasteiger charge is -2.24. The lowest BCUT2D eigenvalue weighted by molar-refractivity contribution is -0.122. The highest BCUT2D eigenvalue weighted by atomic mass is 16.5. The number of hydrogen-bond donors (Lipinski definition) is 1. The predicted molar refractivity (Wildman–Crippen MR) is 74.7 cm³/mol. The molecule has 1 saturated carbocycles. The molecule has 0 radical (unpaired) electrons. The maximum Gasteiger partial charge on any atom is 0.242 e. The smallest absolute Gasteiger partial charge is 0.242 e. The molecule has 1 atom stereocenters. The molecule has 0 unspecified atom stereocenters. The molecule has 6 heteroatoms. The van der Waals surface area contributed by atoms with Crippen LogP contribution in [-0.4, -0.2) is 41.3 Å². The van der Waals surface area contributed by atoms with Crippen molar-refractivity contribution in [2.45, 2.75) is 44.7 Å². The van der Waals surface area contributed by atoms with Gasteiger partial charge in [0.05, 0.1) is 6.61 Å². The van der Waals surface area contributed by atoms with E-state index in [9.17, 15) is 4.79 Å². The van der Waals surface area contributed by atoms with Crippen LogP contribution in [0.5, 0.6) is 5.88 Å². The van der Waals surface area contributed by atoms with E-state index in [4.69, 9.17) is 4.74 Å². The first kappa shape index (κ1) is 13.1. The molecule has 3 rings (SSSR count). The average Bonchev–Trinajstić information content (AvgIpc) is 3.13. The topological polar surface area (TPSA) is 67.3 Å². The molecule has 1 aromatic rings. The van der Waals surface area contributed by atoms with E-state index in [2.05, 4.69) is 15.5 Å². The minimum Gasteiger partial charge on any atom is -0.477 e. The average molecular weight is 276 g/mol. The number of hydrogen-bond acceptors (Lipinski definition) is 5. The SMILES string of the molecule is CCOc1ccc(N2CCC[C@@H]2C(=O)NC2CC2)nn1. The highest BCUT2D eigenvalue weighted by Crippen LogP contribution is 2.26. The van der Waals surface area contributed by atoms with Gasteiger partial charge < -0.3 is 15.0 Å². The van der Waals surface area contributed by atoms with Gasteiger partial charge in [-0.05, 0) is 38.7 Å². The van der Waals surface area contributed by atoms with Gasteiger partial charge in [0.15, 0.2) is 5.82 Å². The van der Waals surface area contributed by atoms with Crippen LogP contribution in [0, 0.1) is 0 Å². The van der Waals surface area contributed by atoms with Crippen LogP contribution in [0.25, 0.3) is 0 Å². The molecular weight excluding hydrogens is 256 g/mol. The quantitative estimate of drug-likeness (QED) is 0.873. The zero-order valence-corrected chi connectivity index (χ0v) is 11.7. The van der Waals surface area contributed by atoms with Crippen molar-refractivity contribution in [3.8, 4) is 5.88 Å². The Balaban J connectivity index is 1.68. The maximum atomic E-state index is 12.2. The van der Waals surface area contributed by atoms with Crippen LogP contribution in [0.15, 0.2) is 12.1 Å². The van der Waals surface area contributed by atoms with Crippen LogP contribution in [0.4, 0.5) is 5.82 Å². The van der Waals surface area contributed by atoms with E-state index in [1.54, 1.807) is 6.07 Å². The third-order valence-corrected chi connectivity index (χ3v) is 3.69. The van der Waals surface area contributed by atoms with Gasteiger partial charge in [-0.15, -0.1) is 10.2 Å².